The first kappa shape index (κ1) is 17.7. The highest BCUT2D eigenvalue weighted by atomic mass is 32.2. The summed E-state index contributed by atoms with van der Waals surface area (Å²) < 4.78 is 25.9. The van der Waals surface area contributed by atoms with Crippen LogP contribution >= 0.6 is 0 Å². The second-order valence-corrected chi connectivity index (χ2v) is 7.08. The normalized spacial score (nSPS) is 10.9. The Labute approximate surface area is 141 Å². The average molecular weight is 348 g/mol. The molecule has 1 heterocycles. The van der Waals surface area contributed by atoms with Crippen LogP contribution in [0.2, 0.25) is 0 Å². The van der Waals surface area contributed by atoms with Crippen molar-refractivity contribution in [1.29, 1.82) is 0 Å². The molecule has 8 heteroatoms. The Hall–Kier alpha value is -2.61. The molecule has 0 aliphatic rings. The summed E-state index contributed by atoms with van der Waals surface area (Å²) in [4.78, 5) is 15.2. The number of hydrogen-bond donors (Lipinski definition) is 3. The van der Waals surface area contributed by atoms with Crippen LogP contribution in [0.1, 0.15) is 20.3 Å². The van der Waals surface area contributed by atoms with E-state index in [9.17, 15) is 13.2 Å². The monoisotopic (exact) mass is 348 g/mol. The predicted molar refractivity (Wildman–Crippen MR) is 96.0 cm³/mol. The summed E-state index contributed by atoms with van der Waals surface area (Å²) in [5.74, 6) is 0.535. The van der Waals surface area contributed by atoms with Crippen LogP contribution < -0.4 is 15.4 Å². The molecule has 7 nitrogen and oxygen atoms in total. The maximum absolute atomic E-state index is 11.7. The van der Waals surface area contributed by atoms with Crippen molar-refractivity contribution >= 4 is 38.8 Å². The van der Waals surface area contributed by atoms with Crippen molar-refractivity contribution < 1.29 is 13.2 Å². The minimum Gasteiger partial charge on any atom is -0.340 e. The highest BCUT2D eigenvalue weighted by molar-refractivity contribution is 7.92. The lowest BCUT2D eigenvalue weighted by atomic mass is 10.2. The quantitative estimate of drug-likeness (QED) is 0.714. The first-order chi connectivity index (χ1) is 11.4. The molecule has 0 fully saturated rings. The van der Waals surface area contributed by atoms with Crippen LogP contribution in [0.5, 0.6) is 0 Å². The Morgan fingerprint density at radius 1 is 1.04 bits per heavy atom. The Bertz CT molecular complexity index is 787. The summed E-state index contributed by atoms with van der Waals surface area (Å²) in [5, 5.41) is 5.79. The number of pyridine rings is 1. The van der Waals surface area contributed by atoms with Crippen LogP contribution in [0.25, 0.3) is 0 Å². The van der Waals surface area contributed by atoms with Gasteiger partial charge in [-0.2, -0.15) is 0 Å². The largest absolute Gasteiger partial charge is 0.340 e. The van der Waals surface area contributed by atoms with E-state index in [2.05, 4.69) is 20.3 Å². The number of carbonyl (C=O) groups excluding carboxylic acids is 1. The van der Waals surface area contributed by atoms with E-state index in [4.69, 9.17) is 0 Å². The maximum Gasteiger partial charge on any atom is 0.232 e. The Morgan fingerprint density at radius 3 is 2.21 bits per heavy atom. The van der Waals surface area contributed by atoms with Gasteiger partial charge in [0.2, 0.25) is 15.9 Å². The van der Waals surface area contributed by atoms with E-state index in [1.54, 1.807) is 24.3 Å². The second kappa shape index (κ2) is 7.78. The van der Waals surface area contributed by atoms with Gasteiger partial charge in [-0.05, 0) is 42.8 Å². The van der Waals surface area contributed by atoms with Crippen LogP contribution in [0.15, 0.2) is 42.6 Å². The third-order valence-corrected chi connectivity index (χ3v) is 4.48. The molecule has 0 spiro atoms. The molecule has 1 aromatic carbocycles. The lowest BCUT2D eigenvalue weighted by Gasteiger charge is -2.09. The van der Waals surface area contributed by atoms with Crippen molar-refractivity contribution in [2.45, 2.75) is 20.3 Å². The van der Waals surface area contributed by atoms with Crippen LogP contribution in [0.3, 0.4) is 0 Å². The molecule has 1 amide bonds. The number of benzene rings is 1. The highest BCUT2D eigenvalue weighted by Crippen LogP contribution is 2.19. The molecule has 0 aliphatic heterocycles. The summed E-state index contributed by atoms with van der Waals surface area (Å²) in [7, 11) is -3.32. The Kier molecular flexibility index (Phi) is 5.75. The zero-order valence-corrected chi connectivity index (χ0v) is 14.4. The highest BCUT2D eigenvalue weighted by Gasteiger charge is 2.08. The molecule has 2 rings (SSSR count). The molecule has 0 bridgehead atoms. The SMILES string of the molecule is CCCS(=O)(=O)Nc1ccc(Nc2ccc(NC(C)=O)cc2)nc1. The van der Waals surface area contributed by atoms with Crippen LogP contribution in [0, 0.1) is 0 Å². The zero-order chi connectivity index (χ0) is 17.6. The van der Waals surface area contributed by atoms with Crippen LogP contribution in [0.4, 0.5) is 22.9 Å². The topological polar surface area (TPSA) is 100 Å². The van der Waals surface area contributed by atoms with Crippen molar-refractivity contribution in [1.82, 2.24) is 4.98 Å². The van der Waals surface area contributed by atoms with Gasteiger partial charge in [-0.25, -0.2) is 13.4 Å². The molecule has 2 aromatic rings. The third kappa shape index (κ3) is 5.54. The summed E-state index contributed by atoms with van der Waals surface area (Å²) in [6.45, 7) is 3.26. The smallest absolute Gasteiger partial charge is 0.232 e. The standard InChI is InChI=1S/C16H20N4O3S/c1-3-10-24(22,23)20-15-8-9-16(17-11-15)19-14-6-4-13(5-7-14)18-12(2)21/h4-9,11,20H,3,10H2,1-2H3,(H,17,19)(H,18,21). The molecule has 24 heavy (non-hydrogen) atoms. The van der Waals surface area contributed by atoms with E-state index < -0.39 is 10.0 Å². The van der Waals surface area contributed by atoms with Crippen molar-refractivity contribution in [2.24, 2.45) is 0 Å². The molecule has 0 saturated carbocycles. The molecule has 0 atom stereocenters. The molecule has 128 valence electrons. The minimum absolute atomic E-state index is 0.0770. The number of nitrogens with one attached hydrogen (secondary N) is 3. The minimum atomic E-state index is -3.32. The van der Waals surface area contributed by atoms with Crippen molar-refractivity contribution in [3.8, 4) is 0 Å². The summed E-state index contributed by atoms with van der Waals surface area (Å²) in [5.41, 5.74) is 1.94. The van der Waals surface area contributed by atoms with Gasteiger partial charge >= 0.3 is 0 Å². The van der Waals surface area contributed by atoms with Gasteiger partial charge < -0.3 is 10.6 Å². The maximum atomic E-state index is 11.7. The van der Waals surface area contributed by atoms with E-state index in [-0.39, 0.29) is 11.7 Å². The molecular formula is C16H20N4O3S. The first-order valence-electron chi connectivity index (χ1n) is 7.49. The fraction of sp³-hybridized carbons (Fsp3) is 0.250. The van der Waals surface area contributed by atoms with Gasteiger partial charge in [0.05, 0.1) is 17.6 Å². The van der Waals surface area contributed by atoms with Gasteiger partial charge in [0.25, 0.3) is 0 Å². The number of carbonyl (C=O) groups is 1. The number of anilines is 4. The molecule has 0 saturated heterocycles. The lowest BCUT2D eigenvalue weighted by molar-refractivity contribution is -0.114. The number of sulfonamides is 1. The molecule has 0 aliphatic carbocycles. The van der Waals surface area contributed by atoms with Gasteiger partial charge in [-0.3, -0.25) is 9.52 Å². The number of rotatable bonds is 7. The van der Waals surface area contributed by atoms with Crippen molar-refractivity contribution in [3.05, 3.63) is 42.6 Å². The van der Waals surface area contributed by atoms with E-state index >= 15 is 0 Å². The Morgan fingerprint density at radius 2 is 1.67 bits per heavy atom. The fourth-order valence-corrected chi connectivity index (χ4v) is 3.13. The van der Waals surface area contributed by atoms with E-state index in [0.717, 1.165) is 5.69 Å². The summed E-state index contributed by atoms with van der Waals surface area (Å²) in [6, 6.07) is 10.5. The van der Waals surface area contributed by atoms with Gasteiger partial charge in [-0.15, -0.1) is 0 Å². The number of aromatic nitrogens is 1. The Balaban J connectivity index is 2.00. The van der Waals surface area contributed by atoms with E-state index in [1.165, 1.54) is 13.1 Å². The van der Waals surface area contributed by atoms with Crippen molar-refractivity contribution in [3.63, 3.8) is 0 Å². The molecule has 0 radical (unpaired) electrons. The van der Waals surface area contributed by atoms with E-state index in [0.29, 0.717) is 23.6 Å². The summed E-state index contributed by atoms with van der Waals surface area (Å²) in [6.07, 6.45) is 2.01. The zero-order valence-electron chi connectivity index (χ0n) is 13.5. The van der Waals surface area contributed by atoms with Crippen LogP contribution in [-0.4, -0.2) is 25.1 Å². The number of hydrogen-bond acceptors (Lipinski definition) is 5. The van der Waals surface area contributed by atoms with Gasteiger partial charge in [0.1, 0.15) is 5.82 Å². The van der Waals surface area contributed by atoms with E-state index in [1.807, 2.05) is 19.1 Å². The fourth-order valence-electron chi connectivity index (χ4n) is 2.02. The average Bonchev–Trinajstić information content (AvgIpc) is 2.50. The lowest BCUT2D eigenvalue weighted by Crippen LogP contribution is -2.16. The number of amides is 1. The predicted octanol–water partition coefficient (Wildman–Crippen LogP) is 2.94. The summed E-state index contributed by atoms with van der Waals surface area (Å²) >= 11 is 0. The van der Waals surface area contributed by atoms with Gasteiger partial charge in [0, 0.05) is 18.3 Å². The third-order valence-electron chi connectivity index (χ3n) is 2.99. The number of nitrogens with zero attached hydrogens (tertiary/aromatic N) is 1. The molecule has 3 N–H and O–H groups in total. The van der Waals surface area contributed by atoms with Gasteiger partial charge in [-0.1, -0.05) is 6.92 Å². The molecule has 0 unspecified atom stereocenters. The van der Waals surface area contributed by atoms with Crippen LogP contribution in [-0.2, 0) is 14.8 Å². The first-order valence-corrected chi connectivity index (χ1v) is 9.14. The second-order valence-electron chi connectivity index (χ2n) is 5.24. The van der Waals surface area contributed by atoms with Gasteiger partial charge in [0.15, 0.2) is 0 Å². The van der Waals surface area contributed by atoms with Crippen molar-refractivity contribution in [2.75, 3.05) is 21.1 Å². The molecular weight excluding hydrogens is 328 g/mol. The molecule has 1 aromatic heterocycles.